The first-order chi connectivity index (χ1) is 13.2. The Balaban J connectivity index is 1.47. The van der Waals surface area contributed by atoms with Gasteiger partial charge in [0.1, 0.15) is 5.82 Å². The zero-order valence-electron chi connectivity index (χ0n) is 14.4. The van der Waals surface area contributed by atoms with Gasteiger partial charge in [-0.15, -0.1) is 0 Å². The van der Waals surface area contributed by atoms with Crippen LogP contribution in [-0.2, 0) is 0 Å². The summed E-state index contributed by atoms with van der Waals surface area (Å²) in [5.41, 5.74) is 1.47. The first-order valence-electron chi connectivity index (χ1n) is 8.21. The maximum Gasteiger partial charge on any atom is 0.344 e. The normalized spacial score (nSPS) is 10.6. The van der Waals surface area contributed by atoms with Crippen molar-refractivity contribution in [3.05, 3.63) is 78.1 Å². The number of esters is 1. The van der Waals surface area contributed by atoms with Crippen LogP contribution in [0.3, 0.4) is 0 Å². The van der Waals surface area contributed by atoms with Crippen molar-refractivity contribution in [1.29, 1.82) is 0 Å². The number of hydrogen-bond donors (Lipinski definition) is 1. The van der Waals surface area contributed by atoms with Crippen LogP contribution >= 0.6 is 22.7 Å². The van der Waals surface area contributed by atoms with Gasteiger partial charge in [-0.3, -0.25) is 0 Å². The summed E-state index contributed by atoms with van der Waals surface area (Å²) in [6.45, 7) is 1.89. The number of thiophene rings is 1. The second kappa shape index (κ2) is 7.69. The number of ether oxygens (including phenoxy) is 1. The van der Waals surface area contributed by atoms with E-state index in [9.17, 15) is 4.79 Å². The second-order valence-electron chi connectivity index (χ2n) is 5.69. The van der Waals surface area contributed by atoms with Gasteiger partial charge in [-0.25, -0.2) is 14.8 Å². The molecule has 0 fully saturated rings. The van der Waals surface area contributed by atoms with Gasteiger partial charge in [-0.2, -0.15) is 0 Å². The van der Waals surface area contributed by atoms with E-state index in [0.717, 1.165) is 26.3 Å². The van der Waals surface area contributed by atoms with Crippen LogP contribution in [0.5, 0.6) is 5.06 Å². The Morgan fingerprint density at radius 1 is 0.963 bits per heavy atom. The van der Waals surface area contributed by atoms with Crippen molar-refractivity contribution in [1.82, 2.24) is 9.97 Å². The molecule has 4 aromatic rings. The molecular formula is C20H15N3O2S2. The standard InChI is InChI=1S/C20H15N3O2S2/c1-13-6-2-3-7-14(13)19(24)25-18-10-9-15(26-18)16-12-22-20(27-16)23-17-8-4-5-11-21-17/h2-12H,1H3,(H,21,22,23). The number of carbonyl (C=O) groups is 1. The van der Waals surface area contributed by atoms with Gasteiger partial charge in [-0.05, 0) is 42.8 Å². The van der Waals surface area contributed by atoms with Gasteiger partial charge < -0.3 is 10.1 Å². The van der Waals surface area contributed by atoms with E-state index >= 15 is 0 Å². The molecule has 0 spiro atoms. The Labute approximate surface area is 164 Å². The van der Waals surface area contributed by atoms with Crippen molar-refractivity contribution in [2.45, 2.75) is 6.92 Å². The molecule has 5 nitrogen and oxygen atoms in total. The molecule has 1 N–H and O–H groups in total. The van der Waals surface area contributed by atoms with Gasteiger partial charge in [-0.1, -0.05) is 46.9 Å². The number of anilines is 2. The SMILES string of the molecule is Cc1ccccc1C(=O)Oc1ccc(-c2cnc(Nc3ccccn3)s2)s1. The minimum absolute atomic E-state index is 0.344. The van der Waals surface area contributed by atoms with Crippen LogP contribution in [0.15, 0.2) is 67.0 Å². The molecule has 0 radical (unpaired) electrons. The molecule has 0 atom stereocenters. The van der Waals surface area contributed by atoms with Crippen molar-refractivity contribution >= 4 is 39.6 Å². The Morgan fingerprint density at radius 2 is 1.81 bits per heavy atom. The predicted molar refractivity (Wildman–Crippen MR) is 109 cm³/mol. The lowest BCUT2D eigenvalue weighted by Crippen LogP contribution is -2.09. The van der Waals surface area contributed by atoms with E-state index in [1.807, 2.05) is 55.5 Å². The van der Waals surface area contributed by atoms with Crippen molar-refractivity contribution in [3.8, 4) is 14.8 Å². The van der Waals surface area contributed by atoms with Crippen LogP contribution in [0.2, 0.25) is 0 Å². The Kier molecular flexibility index (Phi) is 4.95. The largest absolute Gasteiger partial charge is 0.412 e. The number of rotatable bonds is 5. The van der Waals surface area contributed by atoms with Gasteiger partial charge in [0.05, 0.1) is 10.4 Å². The van der Waals surface area contributed by atoms with E-state index in [1.54, 1.807) is 18.5 Å². The third kappa shape index (κ3) is 4.05. The molecule has 3 heterocycles. The van der Waals surface area contributed by atoms with Crippen LogP contribution in [0.25, 0.3) is 9.75 Å². The molecule has 0 aliphatic rings. The van der Waals surface area contributed by atoms with Gasteiger partial charge in [0.25, 0.3) is 0 Å². The number of benzene rings is 1. The summed E-state index contributed by atoms with van der Waals surface area (Å²) in [7, 11) is 0. The van der Waals surface area contributed by atoms with E-state index in [1.165, 1.54) is 22.7 Å². The molecule has 0 bridgehead atoms. The molecule has 4 rings (SSSR count). The molecule has 7 heteroatoms. The quantitative estimate of drug-likeness (QED) is 0.451. The van der Waals surface area contributed by atoms with E-state index in [2.05, 4.69) is 15.3 Å². The average Bonchev–Trinajstić information content (AvgIpc) is 3.32. The van der Waals surface area contributed by atoms with Crippen molar-refractivity contribution < 1.29 is 9.53 Å². The third-order valence-electron chi connectivity index (χ3n) is 3.79. The molecule has 0 aliphatic heterocycles. The van der Waals surface area contributed by atoms with Crippen LogP contribution < -0.4 is 10.1 Å². The van der Waals surface area contributed by atoms with Crippen LogP contribution in [0.1, 0.15) is 15.9 Å². The molecule has 27 heavy (non-hydrogen) atoms. The maximum absolute atomic E-state index is 12.3. The molecule has 1 aromatic carbocycles. The third-order valence-corrected chi connectivity index (χ3v) is 5.86. The highest BCUT2D eigenvalue weighted by atomic mass is 32.1. The van der Waals surface area contributed by atoms with Crippen molar-refractivity contribution in [2.75, 3.05) is 5.32 Å². The Morgan fingerprint density at radius 3 is 2.63 bits per heavy atom. The molecule has 0 saturated heterocycles. The lowest BCUT2D eigenvalue weighted by atomic mass is 10.1. The predicted octanol–water partition coefficient (Wildman–Crippen LogP) is 5.54. The van der Waals surface area contributed by atoms with E-state index in [0.29, 0.717) is 10.6 Å². The molecule has 0 saturated carbocycles. The number of aromatic nitrogens is 2. The minimum Gasteiger partial charge on any atom is -0.412 e. The number of thiazole rings is 1. The van der Waals surface area contributed by atoms with Crippen LogP contribution in [-0.4, -0.2) is 15.9 Å². The zero-order chi connectivity index (χ0) is 18.6. The maximum atomic E-state index is 12.3. The van der Waals surface area contributed by atoms with Crippen LogP contribution in [0, 0.1) is 6.92 Å². The van der Waals surface area contributed by atoms with Crippen molar-refractivity contribution in [2.24, 2.45) is 0 Å². The van der Waals surface area contributed by atoms with Gasteiger partial charge >= 0.3 is 5.97 Å². The number of aryl methyl sites for hydroxylation is 1. The van der Waals surface area contributed by atoms with Gasteiger partial charge in [0.15, 0.2) is 10.2 Å². The summed E-state index contributed by atoms with van der Waals surface area (Å²) in [5.74, 6) is 0.403. The highest BCUT2D eigenvalue weighted by molar-refractivity contribution is 7.24. The Hall–Kier alpha value is -3.03. The first-order valence-corrected chi connectivity index (χ1v) is 9.84. The topological polar surface area (TPSA) is 64.1 Å². The summed E-state index contributed by atoms with van der Waals surface area (Å²) < 4.78 is 5.52. The first kappa shape index (κ1) is 17.4. The summed E-state index contributed by atoms with van der Waals surface area (Å²) in [6, 6.07) is 16.8. The smallest absolute Gasteiger partial charge is 0.344 e. The van der Waals surface area contributed by atoms with E-state index in [4.69, 9.17) is 4.74 Å². The fraction of sp³-hybridized carbons (Fsp3) is 0.0500. The Bertz CT molecular complexity index is 1070. The number of pyridine rings is 1. The van der Waals surface area contributed by atoms with E-state index in [-0.39, 0.29) is 5.97 Å². The fourth-order valence-electron chi connectivity index (χ4n) is 2.45. The monoisotopic (exact) mass is 393 g/mol. The second-order valence-corrected chi connectivity index (χ2v) is 7.77. The molecule has 0 aliphatic carbocycles. The lowest BCUT2D eigenvalue weighted by molar-refractivity contribution is 0.0740. The summed E-state index contributed by atoms with van der Waals surface area (Å²) >= 11 is 2.94. The number of hydrogen-bond acceptors (Lipinski definition) is 7. The molecule has 0 amide bonds. The summed E-state index contributed by atoms with van der Waals surface area (Å²) in [4.78, 5) is 23.0. The number of nitrogens with zero attached hydrogens (tertiary/aromatic N) is 2. The fourth-order valence-corrected chi connectivity index (χ4v) is 4.20. The van der Waals surface area contributed by atoms with Gasteiger partial charge in [0, 0.05) is 17.3 Å². The number of nitrogens with one attached hydrogen (secondary N) is 1. The summed E-state index contributed by atoms with van der Waals surface area (Å²) in [6.07, 6.45) is 3.53. The minimum atomic E-state index is -0.344. The van der Waals surface area contributed by atoms with Gasteiger partial charge in [0.2, 0.25) is 0 Å². The van der Waals surface area contributed by atoms with Crippen LogP contribution in [0.4, 0.5) is 10.9 Å². The number of carbonyl (C=O) groups excluding carboxylic acids is 1. The highest BCUT2D eigenvalue weighted by Gasteiger charge is 2.14. The zero-order valence-corrected chi connectivity index (χ0v) is 16.0. The van der Waals surface area contributed by atoms with E-state index < -0.39 is 0 Å². The lowest BCUT2D eigenvalue weighted by Gasteiger charge is -2.04. The molecular weight excluding hydrogens is 378 g/mol. The molecule has 0 unspecified atom stereocenters. The molecule has 3 aromatic heterocycles. The average molecular weight is 393 g/mol. The molecule has 134 valence electrons. The van der Waals surface area contributed by atoms with Crippen molar-refractivity contribution in [3.63, 3.8) is 0 Å². The highest BCUT2D eigenvalue weighted by Crippen LogP contribution is 2.38. The summed E-state index contributed by atoms with van der Waals surface area (Å²) in [5, 5.41) is 4.50.